The Labute approximate surface area is 88.3 Å². The van der Waals surface area contributed by atoms with E-state index < -0.39 is 5.95 Å². The molecule has 0 saturated heterocycles. The van der Waals surface area contributed by atoms with Crippen molar-refractivity contribution in [1.82, 2.24) is 4.98 Å². The molecule has 2 unspecified atom stereocenters. The van der Waals surface area contributed by atoms with Gasteiger partial charge in [0.25, 0.3) is 0 Å². The Morgan fingerprint density at radius 2 is 2.33 bits per heavy atom. The summed E-state index contributed by atoms with van der Waals surface area (Å²) in [6.07, 6.45) is 2.77. The fourth-order valence-electron chi connectivity index (χ4n) is 2.00. The number of nitrogens with one attached hydrogen (secondary N) is 1. The molecular formula is C11H15FN2O. The summed E-state index contributed by atoms with van der Waals surface area (Å²) in [5.74, 6) is 0.330. The monoisotopic (exact) mass is 210 g/mol. The maximum atomic E-state index is 12.7. The van der Waals surface area contributed by atoms with Crippen molar-refractivity contribution in [3.05, 3.63) is 24.1 Å². The molecule has 0 amide bonds. The number of halogens is 1. The highest BCUT2D eigenvalue weighted by atomic mass is 19.1. The summed E-state index contributed by atoms with van der Waals surface area (Å²) in [5, 5.41) is 12.6. The maximum Gasteiger partial charge on any atom is 0.214 e. The van der Waals surface area contributed by atoms with E-state index in [4.69, 9.17) is 0 Å². The van der Waals surface area contributed by atoms with Gasteiger partial charge in [-0.1, -0.05) is 12.5 Å². The van der Waals surface area contributed by atoms with Gasteiger partial charge in [-0.15, -0.1) is 0 Å². The van der Waals surface area contributed by atoms with Gasteiger partial charge in [0.2, 0.25) is 5.95 Å². The summed E-state index contributed by atoms with van der Waals surface area (Å²) >= 11 is 0. The van der Waals surface area contributed by atoms with Crippen LogP contribution < -0.4 is 5.32 Å². The number of aromatic nitrogens is 1. The Balaban J connectivity index is 1.87. The highest BCUT2D eigenvalue weighted by Gasteiger charge is 2.24. The van der Waals surface area contributed by atoms with E-state index in [1.165, 1.54) is 6.07 Å². The Hall–Kier alpha value is -1.16. The highest BCUT2D eigenvalue weighted by Crippen LogP contribution is 2.25. The van der Waals surface area contributed by atoms with E-state index in [9.17, 15) is 9.50 Å². The number of rotatable bonds is 3. The summed E-state index contributed by atoms with van der Waals surface area (Å²) in [6.45, 7) is 0.664. The molecule has 1 saturated carbocycles. The van der Waals surface area contributed by atoms with Gasteiger partial charge in [-0.25, -0.2) is 4.98 Å². The second-order valence-electron chi connectivity index (χ2n) is 3.98. The normalized spacial score (nSPS) is 25.5. The third kappa shape index (κ3) is 2.65. The summed E-state index contributed by atoms with van der Waals surface area (Å²) in [6, 6.07) is 4.66. The first-order valence-electron chi connectivity index (χ1n) is 5.30. The van der Waals surface area contributed by atoms with Crippen molar-refractivity contribution in [3.63, 3.8) is 0 Å². The molecule has 1 fully saturated rings. The van der Waals surface area contributed by atoms with Gasteiger partial charge in [0.15, 0.2) is 0 Å². The number of pyridine rings is 1. The lowest BCUT2D eigenvalue weighted by Crippen LogP contribution is -2.22. The van der Waals surface area contributed by atoms with Crippen LogP contribution in [-0.2, 0) is 0 Å². The highest BCUT2D eigenvalue weighted by molar-refractivity contribution is 5.33. The molecule has 0 spiro atoms. The zero-order valence-corrected chi connectivity index (χ0v) is 8.49. The molecule has 0 radical (unpaired) electrons. The minimum atomic E-state index is -0.480. The van der Waals surface area contributed by atoms with Crippen LogP contribution in [0, 0.1) is 11.9 Å². The van der Waals surface area contributed by atoms with Gasteiger partial charge in [0, 0.05) is 12.5 Å². The van der Waals surface area contributed by atoms with Crippen molar-refractivity contribution in [1.29, 1.82) is 0 Å². The smallest absolute Gasteiger partial charge is 0.214 e. The van der Waals surface area contributed by atoms with Crippen LogP contribution in [-0.4, -0.2) is 22.7 Å². The molecule has 82 valence electrons. The minimum absolute atomic E-state index is 0.217. The van der Waals surface area contributed by atoms with Crippen molar-refractivity contribution in [3.8, 4) is 0 Å². The number of nitrogens with zero attached hydrogens (tertiary/aromatic N) is 1. The minimum Gasteiger partial charge on any atom is -0.393 e. The molecule has 2 N–H and O–H groups in total. The molecule has 3 nitrogen and oxygen atoms in total. The average Bonchev–Trinajstić information content (AvgIpc) is 2.61. The Kier molecular flexibility index (Phi) is 3.16. The van der Waals surface area contributed by atoms with Crippen LogP contribution in [0.25, 0.3) is 0 Å². The van der Waals surface area contributed by atoms with Crippen LogP contribution in [0.3, 0.4) is 0 Å². The number of hydrogen-bond acceptors (Lipinski definition) is 3. The van der Waals surface area contributed by atoms with E-state index >= 15 is 0 Å². The fraction of sp³-hybridized carbons (Fsp3) is 0.545. The second-order valence-corrected chi connectivity index (χ2v) is 3.98. The van der Waals surface area contributed by atoms with Gasteiger partial charge in [-0.3, -0.25) is 0 Å². The van der Waals surface area contributed by atoms with Crippen molar-refractivity contribution >= 4 is 5.82 Å². The molecule has 4 heteroatoms. The average molecular weight is 210 g/mol. The lowest BCUT2D eigenvalue weighted by atomic mass is 10.1. The van der Waals surface area contributed by atoms with Gasteiger partial charge in [0.05, 0.1) is 6.10 Å². The van der Waals surface area contributed by atoms with Gasteiger partial charge in [-0.2, -0.15) is 4.39 Å². The zero-order valence-electron chi connectivity index (χ0n) is 8.49. The van der Waals surface area contributed by atoms with Crippen LogP contribution in [0.15, 0.2) is 18.2 Å². The van der Waals surface area contributed by atoms with Crippen LogP contribution >= 0.6 is 0 Å². The first-order valence-corrected chi connectivity index (χ1v) is 5.30. The summed E-state index contributed by atoms with van der Waals surface area (Å²) in [4.78, 5) is 3.70. The van der Waals surface area contributed by atoms with Crippen LogP contribution in [0.5, 0.6) is 0 Å². The second kappa shape index (κ2) is 4.57. The largest absolute Gasteiger partial charge is 0.393 e. The zero-order chi connectivity index (χ0) is 10.7. The van der Waals surface area contributed by atoms with Crippen LogP contribution in [0.1, 0.15) is 19.3 Å². The SMILES string of the molecule is OC1CCCC1CNc1cccc(F)n1. The number of hydrogen-bond donors (Lipinski definition) is 2. The lowest BCUT2D eigenvalue weighted by Gasteiger charge is -2.15. The van der Waals surface area contributed by atoms with Crippen molar-refractivity contribution < 1.29 is 9.50 Å². The van der Waals surface area contributed by atoms with Crippen molar-refractivity contribution in [2.45, 2.75) is 25.4 Å². The molecule has 2 rings (SSSR count). The quantitative estimate of drug-likeness (QED) is 0.748. The molecule has 1 aliphatic carbocycles. The fourth-order valence-corrected chi connectivity index (χ4v) is 2.00. The van der Waals surface area contributed by atoms with Gasteiger partial charge >= 0.3 is 0 Å². The van der Waals surface area contributed by atoms with Crippen molar-refractivity contribution in [2.75, 3.05) is 11.9 Å². The van der Waals surface area contributed by atoms with E-state index in [1.54, 1.807) is 12.1 Å². The van der Waals surface area contributed by atoms with E-state index in [-0.39, 0.29) is 12.0 Å². The van der Waals surface area contributed by atoms with Gasteiger partial charge in [0.1, 0.15) is 5.82 Å². The Bertz CT molecular complexity index is 332. The number of aliphatic hydroxyl groups excluding tert-OH is 1. The predicted molar refractivity (Wildman–Crippen MR) is 56.0 cm³/mol. The molecular weight excluding hydrogens is 195 g/mol. The van der Waals surface area contributed by atoms with Gasteiger partial charge in [-0.05, 0) is 25.0 Å². The van der Waals surface area contributed by atoms with E-state index in [0.29, 0.717) is 12.4 Å². The first-order chi connectivity index (χ1) is 7.25. The molecule has 0 aromatic carbocycles. The third-order valence-electron chi connectivity index (χ3n) is 2.88. The molecule has 1 aromatic rings. The predicted octanol–water partition coefficient (Wildman–Crippen LogP) is 1.79. The molecule has 2 atom stereocenters. The molecule has 1 aromatic heterocycles. The topological polar surface area (TPSA) is 45.1 Å². The first kappa shape index (κ1) is 10.4. The van der Waals surface area contributed by atoms with Crippen molar-refractivity contribution in [2.24, 2.45) is 5.92 Å². The third-order valence-corrected chi connectivity index (χ3v) is 2.88. The Morgan fingerprint density at radius 3 is 3.00 bits per heavy atom. The maximum absolute atomic E-state index is 12.7. The summed E-state index contributed by atoms with van der Waals surface area (Å²) in [5.41, 5.74) is 0. The number of anilines is 1. The van der Waals surface area contributed by atoms with E-state index in [1.807, 2.05) is 0 Å². The van der Waals surface area contributed by atoms with Gasteiger partial charge < -0.3 is 10.4 Å². The Morgan fingerprint density at radius 1 is 1.47 bits per heavy atom. The molecule has 0 aliphatic heterocycles. The molecule has 0 bridgehead atoms. The van der Waals surface area contributed by atoms with Crippen LogP contribution in [0.2, 0.25) is 0 Å². The molecule has 1 aliphatic rings. The van der Waals surface area contributed by atoms with Crippen LogP contribution in [0.4, 0.5) is 10.2 Å². The molecule has 1 heterocycles. The summed E-state index contributed by atoms with van der Waals surface area (Å²) in [7, 11) is 0. The van der Waals surface area contributed by atoms with E-state index in [0.717, 1.165) is 19.3 Å². The molecule has 15 heavy (non-hydrogen) atoms. The summed E-state index contributed by atoms with van der Waals surface area (Å²) < 4.78 is 12.7. The number of aliphatic hydroxyl groups is 1. The standard InChI is InChI=1S/C11H15FN2O/c12-10-5-2-6-11(14-10)13-7-8-3-1-4-9(8)15/h2,5-6,8-9,15H,1,3-4,7H2,(H,13,14). The lowest BCUT2D eigenvalue weighted by molar-refractivity contribution is 0.138. The van der Waals surface area contributed by atoms with E-state index in [2.05, 4.69) is 10.3 Å².